The molecule has 6 nitrogen and oxygen atoms in total. The number of aromatic hydroxyl groups is 1. The van der Waals surface area contributed by atoms with Gasteiger partial charge in [-0.05, 0) is 29.3 Å². The quantitative estimate of drug-likeness (QED) is 0.537. The predicted octanol–water partition coefficient (Wildman–Crippen LogP) is 4.96. The van der Waals surface area contributed by atoms with Gasteiger partial charge in [-0.25, -0.2) is 0 Å². The van der Waals surface area contributed by atoms with Gasteiger partial charge in [-0.3, -0.25) is 0 Å². The number of rotatable bonds is 5. The Morgan fingerprint density at radius 3 is 2.58 bits per heavy atom. The molecule has 31 heavy (non-hydrogen) atoms. The Morgan fingerprint density at radius 1 is 1.10 bits per heavy atom. The molecule has 0 saturated heterocycles. The number of benzene rings is 3. The Kier molecular flexibility index (Phi) is 5.74. The fourth-order valence-electron chi connectivity index (χ4n) is 3.54. The molecule has 1 aliphatic heterocycles. The Balaban J connectivity index is 1.76. The molecule has 3 aromatic rings. The Labute approximate surface area is 188 Å². The summed E-state index contributed by atoms with van der Waals surface area (Å²) >= 11 is 3.62. The lowest BCUT2D eigenvalue weighted by molar-refractivity contribution is 0.284. The summed E-state index contributed by atoms with van der Waals surface area (Å²) in [5.41, 5.74) is 8.81. The second kappa shape index (κ2) is 8.62. The van der Waals surface area contributed by atoms with Crippen LogP contribution in [0.1, 0.15) is 22.6 Å². The van der Waals surface area contributed by atoms with Crippen LogP contribution in [0.5, 0.6) is 23.0 Å². The lowest BCUT2D eigenvalue weighted by Gasteiger charge is -2.27. The van der Waals surface area contributed by atoms with Crippen LogP contribution in [0.25, 0.3) is 0 Å². The zero-order valence-electron chi connectivity index (χ0n) is 16.6. The van der Waals surface area contributed by atoms with Crippen molar-refractivity contribution in [2.24, 2.45) is 5.73 Å². The van der Waals surface area contributed by atoms with E-state index in [4.69, 9.17) is 19.9 Å². The van der Waals surface area contributed by atoms with Crippen LogP contribution < -0.4 is 19.9 Å². The predicted molar refractivity (Wildman–Crippen MR) is 119 cm³/mol. The minimum absolute atomic E-state index is 0.000806. The van der Waals surface area contributed by atoms with Gasteiger partial charge in [-0.15, -0.1) is 0 Å². The van der Waals surface area contributed by atoms with E-state index in [1.165, 1.54) is 6.07 Å². The first-order valence-electron chi connectivity index (χ1n) is 9.46. The number of halogens is 1. The highest BCUT2D eigenvalue weighted by Gasteiger charge is 2.33. The van der Waals surface area contributed by atoms with E-state index in [1.807, 2.05) is 42.5 Å². The van der Waals surface area contributed by atoms with Crippen LogP contribution >= 0.6 is 15.9 Å². The molecule has 0 spiro atoms. The van der Waals surface area contributed by atoms with E-state index in [1.54, 1.807) is 19.2 Å². The van der Waals surface area contributed by atoms with E-state index in [9.17, 15) is 10.4 Å². The van der Waals surface area contributed by atoms with E-state index >= 15 is 0 Å². The summed E-state index contributed by atoms with van der Waals surface area (Å²) in [5, 5.41) is 19.6. The summed E-state index contributed by atoms with van der Waals surface area (Å²) in [5.74, 6) is 1.04. The molecule has 0 fully saturated rings. The second-order valence-corrected chi connectivity index (χ2v) is 7.80. The molecule has 1 heterocycles. The molecule has 156 valence electrons. The van der Waals surface area contributed by atoms with Gasteiger partial charge >= 0.3 is 0 Å². The van der Waals surface area contributed by atoms with Gasteiger partial charge in [-0.1, -0.05) is 52.3 Å². The number of hydrogen-bond donors (Lipinski definition) is 2. The minimum Gasteiger partial charge on any atom is -0.508 e. The number of fused-ring (bicyclic) bond motifs is 1. The van der Waals surface area contributed by atoms with Gasteiger partial charge < -0.3 is 25.1 Å². The molecule has 1 unspecified atom stereocenters. The SMILES string of the molecule is COc1cc(C2C(C#N)=C(N)Oc3cc(O)ccc32)c(Br)cc1OCc1ccccc1. The number of hydrogen-bond acceptors (Lipinski definition) is 6. The zero-order valence-corrected chi connectivity index (χ0v) is 18.2. The number of phenols is 1. The van der Waals surface area contributed by atoms with Gasteiger partial charge in [0.2, 0.25) is 5.88 Å². The summed E-state index contributed by atoms with van der Waals surface area (Å²) in [6.07, 6.45) is 0. The maximum atomic E-state index is 9.83. The van der Waals surface area contributed by atoms with Crippen molar-refractivity contribution in [1.29, 1.82) is 5.26 Å². The van der Waals surface area contributed by atoms with Crippen LogP contribution in [0, 0.1) is 11.3 Å². The molecule has 3 N–H and O–H groups in total. The molecular weight excluding hydrogens is 460 g/mol. The number of phenolic OH excluding ortho intramolecular Hbond substituents is 1. The van der Waals surface area contributed by atoms with Gasteiger partial charge in [0.05, 0.1) is 13.0 Å². The molecule has 0 bridgehead atoms. The van der Waals surface area contributed by atoms with Crippen molar-refractivity contribution in [3.05, 3.63) is 93.3 Å². The minimum atomic E-state index is -0.499. The highest BCUT2D eigenvalue weighted by molar-refractivity contribution is 9.10. The topological polar surface area (TPSA) is 97.7 Å². The zero-order chi connectivity index (χ0) is 22.0. The summed E-state index contributed by atoms with van der Waals surface area (Å²) in [6.45, 7) is 0.388. The summed E-state index contributed by atoms with van der Waals surface area (Å²) < 4.78 is 17.9. The average molecular weight is 479 g/mol. The van der Waals surface area contributed by atoms with Gasteiger partial charge in [0, 0.05) is 16.1 Å². The maximum Gasteiger partial charge on any atom is 0.205 e. The van der Waals surface area contributed by atoms with E-state index in [0.29, 0.717) is 29.4 Å². The number of allylic oxidation sites excluding steroid dienone is 1. The van der Waals surface area contributed by atoms with Gasteiger partial charge in [-0.2, -0.15) is 5.26 Å². The Bertz CT molecular complexity index is 1200. The number of nitrogens with zero attached hydrogens (tertiary/aromatic N) is 1. The monoisotopic (exact) mass is 478 g/mol. The van der Waals surface area contributed by atoms with Crippen molar-refractivity contribution >= 4 is 15.9 Å². The Morgan fingerprint density at radius 2 is 1.87 bits per heavy atom. The second-order valence-electron chi connectivity index (χ2n) is 6.95. The summed E-state index contributed by atoms with van der Waals surface area (Å²) in [4.78, 5) is 0. The molecule has 1 atom stereocenters. The standard InChI is InChI=1S/C24H19BrN2O4/c1-29-21-10-17(19(25)11-22(21)30-13-14-5-3-2-4-6-14)23-16-8-7-15(28)9-20(16)31-24(27)18(23)12-26/h2-11,23,28H,13,27H2,1H3. The van der Waals surface area contributed by atoms with Crippen molar-refractivity contribution in [3.63, 3.8) is 0 Å². The van der Waals surface area contributed by atoms with Crippen LogP contribution in [0.3, 0.4) is 0 Å². The Hall–Kier alpha value is -3.63. The maximum absolute atomic E-state index is 9.83. The number of nitrogens with two attached hydrogens (primary N) is 1. The molecule has 3 aromatic carbocycles. The first-order valence-corrected chi connectivity index (χ1v) is 10.3. The van der Waals surface area contributed by atoms with Crippen LogP contribution in [0.2, 0.25) is 0 Å². The van der Waals surface area contributed by atoms with Crippen molar-refractivity contribution in [2.75, 3.05) is 7.11 Å². The van der Waals surface area contributed by atoms with E-state index in [-0.39, 0.29) is 17.2 Å². The molecule has 0 radical (unpaired) electrons. The molecule has 0 saturated carbocycles. The molecular formula is C24H19BrN2O4. The largest absolute Gasteiger partial charge is 0.508 e. The van der Waals surface area contributed by atoms with Crippen LogP contribution in [0.4, 0.5) is 0 Å². The lowest BCUT2D eigenvalue weighted by atomic mass is 9.83. The van der Waals surface area contributed by atoms with Gasteiger partial charge in [0.25, 0.3) is 0 Å². The normalized spacial score (nSPS) is 14.9. The third-order valence-electron chi connectivity index (χ3n) is 5.03. The van der Waals surface area contributed by atoms with E-state index in [0.717, 1.165) is 15.6 Å². The molecule has 0 amide bonds. The summed E-state index contributed by atoms with van der Waals surface area (Å²) in [6, 6.07) is 20.4. The highest BCUT2D eigenvalue weighted by Crippen LogP contribution is 2.47. The van der Waals surface area contributed by atoms with Crippen LogP contribution in [0.15, 0.2) is 76.6 Å². The van der Waals surface area contributed by atoms with Crippen molar-refractivity contribution in [2.45, 2.75) is 12.5 Å². The van der Waals surface area contributed by atoms with Crippen molar-refractivity contribution < 1.29 is 19.3 Å². The molecule has 4 rings (SSSR count). The van der Waals surface area contributed by atoms with Crippen LogP contribution in [-0.4, -0.2) is 12.2 Å². The van der Waals surface area contributed by atoms with Gasteiger partial charge in [0.15, 0.2) is 11.5 Å². The van der Waals surface area contributed by atoms with E-state index in [2.05, 4.69) is 22.0 Å². The first-order chi connectivity index (χ1) is 15.0. The number of methoxy groups -OCH3 is 1. The van der Waals surface area contributed by atoms with Crippen LogP contribution in [-0.2, 0) is 6.61 Å². The average Bonchev–Trinajstić information content (AvgIpc) is 2.77. The van der Waals surface area contributed by atoms with Gasteiger partial charge in [0.1, 0.15) is 29.7 Å². The molecule has 0 aliphatic carbocycles. The third kappa shape index (κ3) is 4.03. The lowest BCUT2D eigenvalue weighted by Crippen LogP contribution is -2.21. The molecule has 7 heteroatoms. The number of ether oxygens (including phenoxy) is 3. The summed E-state index contributed by atoms with van der Waals surface area (Å²) in [7, 11) is 1.56. The fourth-order valence-corrected chi connectivity index (χ4v) is 4.09. The first kappa shape index (κ1) is 20.6. The smallest absolute Gasteiger partial charge is 0.205 e. The fraction of sp³-hybridized carbons (Fsp3) is 0.125. The van der Waals surface area contributed by atoms with Crippen molar-refractivity contribution in [3.8, 4) is 29.1 Å². The van der Waals surface area contributed by atoms with E-state index < -0.39 is 5.92 Å². The highest BCUT2D eigenvalue weighted by atomic mass is 79.9. The van der Waals surface area contributed by atoms with Crippen molar-refractivity contribution in [1.82, 2.24) is 0 Å². The third-order valence-corrected chi connectivity index (χ3v) is 5.72. The number of nitriles is 1. The molecule has 0 aromatic heterocycles. The molecule has 1 aliphatic rings.